The maximum atomic E-state index is 11.8. The predicted octanol–water partition coefficient (Wildman–Crippen LogP) is 1.01. The topological polar surface area (TPSA) is 68.4 Å². The number of nitrogens with zero attached hydrogens (tertiary/aromatic N) is 2. The van der Waals surface area contributed by atoms with E-state index in [1.54, 1.807) is 7.11 Å². The van der Waals surface area contributed by atoms with Gasteiger partial charge < -0.3 is 15.4 Å². The van der Waals surface area contributed by atoms with Crippen molar-refractivity contribution in [3.8, 4) is 0 Å². The molecule has 0 radical (unpaired) electrons. The number of carbonyl (C=O) groups excluding carboxylic acids is 1. The standard InChI is InChI=1S/C14H21N3O2/c1-10-5-11(8-16-14(10)15)6-12-7-13(18)17(9-12)3-4-19-2/h5,8,12H,3-4,6-7,9H2,1-2H3,(H2,15,16)/t12-/m0/s1. The van der Waals surface area contributed by atoms with E-state index in [0.29, 0.717) is 31.3 Å². The van der Waals surface area contributed by atoms with Crippen LogP contribution in [0.2, 0.25) is 0 Å². The van der Waals surface area contributed by atoms with Crippen LogP contribution >= 0.6 is 0 Å². The highest BCUT2D eigenvalue weighted by Gasteiger charge is 2.29. The first kappa shape index (κ1) is 13.8. The van der Waals surface area contributed by atoms with Crippen LogP contribution in [-0.4, -0.2) is 42.6 Å². The molecule has 2 N–H and O–H groups in total. The minimum absolute atomic E-state index is 0.224. The lowest BCUT2D eigenvalue weighted by Crippen LogP contribution is -2.28. The Morgan fingerprint density at radius 2 is 2.37 bits per heavy atom. The van der Waals surface area contributed by atoms with E-state index in [2.05, 4.69) is 11.1 Å². The van der Waals surface area contributed by atoms with Crippen molar-refractivity contribution in [1.29, 1.82) is 0 Å². The molecule has 0 aromatic carbocycles. The van der Waals surface area contributed by atoms with Crippen molar-refractivity contribution < 1.29 is 9.53 Å². The molecular weight excluding hydrogens is 242 g/mol. The summed E-state index contributed by atoms with van der Waals surface area (Å²) < 4.78 is 5.02. The van der Waals surface area contributed by atoms with E-state index >= 15 is 0 Å². The third-order valence-corrected chi connectivity index (χ3v) is 3.56. The number of aryl methyl sites for hydroxylation is 1. The van der Waals surface area contributed by atoms with Crippen LogP contribution in [0.1, 0.15) is 17.5 Å². The Hall–Kier alpha value is -1.62. The molecule has 0 unspecified atom stereocenters. The molecule has 1 amide bonds. The molecule has 2 rings (SSSR count). The fourth-order valence-corrected chi connectivity index (χ4v) is 2.50. The fraction of sp³-hybridized carbons (Fsp3) is 0.571. The summed E-state index contributed by atoms with van der Waals surface area (Å²) in [4.78, 5) is 17.9. The predicted molar refractivity (Wildman–Crippen MR) is 73.7 cm³/mol. The van der Waals surface area contributed by atoms with Crippen LogP contribution in [-0.2, 0) is 16.0 Å². The Morgan fingerprint density at radius 3 is 3.05 bits per heavy atom. The molecule has 0 bridgehead atoms. The molecule has 1 atom stereocenters. The normalized spacial score (nSPS) is 19.2. The summed E-state index contributed by atoms with van der Waals surface area (Å²) in [6.07, 6.45) is 3.31. The summed E-state index contributed by atoms with van der Waals surface area (Å²) in [5.74, 6) is 1.17. The molecule has 5 heteroatoms. The first-order valence-electron chi connectivity index (χ1n) is 6.58. The van der Waals surface area contributed by atoms with Crippen molar-refractivity contribution in [3.63, 3.8) is 0 Å². The van der Waals surface area contributed by atoms with Crippen LogP contribution in [0.5, 0.6) is 0 Å². The van der Waals surface area contributed by atoms with Gasteiger partial charge in [0.15, 0.2) is 0 Å². The molecule has 0 saturated carbocycles. The second-order valence-corrected chi connectivity index (χ2v) is 5.15. The SMILES string of the molecule is COCCN1C[C@@H](Cc2cnc(N)c(C)c2)CC1=O. The van der Waals surface area contributed by atoms with E-state index in [1.807, 2.05) is 18.0 Å². The van der Waals surface area contributed by atoms with Gasteiger partial charge in [-0.1, -0.05) is 6.07 Å². The molecule has 19 heavy (non-hydrogen) atoms. The zero-order valence-corrected chi connectivity index (χ0v) is 11.6. The molecule has 0 aliphatic carbocycles. The highest BCUT2D eigenvalue weighted by Crippen LogP contribution is 2.22. The first-order chi connectivity index (χ1) is 9.10. The molecule has 104 valence electrons. The summed E-state index contributed by atoms with van der Waals surface area (Å²) in [6, 6.07) is 2.06. The largest absolute Gasteiger partial charge is 0.383 e. The number of anilines is 1. The van der Waals surface area contributed by atoms with Crippen LogP contribution in [0.25, 0.3) is 0 Å². The molecule has 1 aliphatic heterocycles. The lowest BCUT2D eigenvalue weighted by Gasteiger charge is -2.16. The second kappa shape index (κ2) is 6.02. The van der Waals surface area contributed by atoms with Crippen molar-refractivity contribution in [1.82, 2.24) is 9.88 Å². The fourth-order valence-electron chi connectivity index (χ4n) is 2.50. The van der Waals surface area contributed by atoms with Crippen LogP contribution in [0.3, 0.4) is 0 Å². The summed E-state index contributed by atoms with van der Waals surface area (Å²) in [5.41, 5.74) is 7.86. The van der Waals surface area contributed by atoms with Gasteiger partial charge in [-0.25, -0.2) is 4.98 Å². The Kier molecular flexibility index (Phi) is 4.37. The van der Waals surface area contributed by atoms with Crippen LogP contribution < -0.4 is 5.73 Å². The van der Waals surface area contributed by atoms with Crippen molar-refractivity contribution in [2.45, 2.75) is 19.8 Å². The average Bonchev–Trinajstić information content (AvgIpc) is 2.72. The molecule has 1 aromatic heterocycles. The minimum atomic E-state index is 0.224. The highest BCUT2D eigenvalue weighted by atomic mass is 16.5. The van der Waals surface area contributed by atoms with E-state index in [-0.39, 0.29) is 5.91 Å². The lowest BCUT2D eigenvalue weighted by molar-refractivity contribution is -0.128. The van der Waals surface area contributed by atoms with Gasteiger partial charge in [0.2, 0.25) is 5.91 Å². The van der Waals surface area contributed by atoms with E-state index in [1.165, 1.54) is 0 Å². The number of likely N-dealkylation sites (tertiary alicyclic amines) is 1. The first-order valence-corrected chi connectivity index (χ1v) is 6.58. The molecule has 2 heterocycles. The van der Waals surface area contributed by atoms with Gasteiger partial charge in [0, 0.05) is 32.8 Å². The Balaban J connectivity index is 1.93. The molecule has 1 saturated heterocycles. The Bertz CT molecular complexity index is 462. The third kappa shape index (κ3) is 3.44. The molecule has 1 aromatic rings. The zero-order chi connectivity index (χ0) is 13.8. The van der Waals surface area contributed by atoms with Crippen molar-refractivity contribution in [3.05, 3.63) is 23.4 Å². The van der Waals surface area contributed by atoms with Gasteiger partial charge >= 0.3 is 0 Å². The molecule has 1 fully saturated rings. The van der Waals surface area contributed by atoms with Gasteiger partial charge in [0.1, 0.15) is 5.82 Å². The van der Waals surface area contributed by atoms with E-state index in [9.17, 15) is 4.79 Å². The number of aromatic nitrogens is 1. The summed E-state index contributed by atoms with van der Waals surface area (Å²) in [6.45, 7) is 4.05. The van der Waals surface area contributed by atoms with Gasteiger partial charge in [-0.2, -0.15) is 0 Å². The monoisotopic (exact) mass is 263 g/mol. The van der Waals surface area contributed by atoms with E-state index in [0.717, 1.165) is 24.1 Å². The van der Waals surface area contributed by atoms with Crippen molar-refractivity contribution >= 4 is 11.7 Å². The number of hydrogen-bond acceptors (Lipinski definition) is 4. The molecule has 1 aliphatic rings. The lowest BCUT2D eigenvalue weighted by atomic mass is 9.99. The number of ether oxygens (including phenoxy) is 1. The molecular formula is C14H21N3O2. The van der Waals surface area contributed by atoms with E-state index < -0.39 is 0 Å². The van der Waals surface area contributed by atoms with Gasteiger partial charge in [0.05, 0.1) is 6.61 Å². The minimum Gasteiger partial charge on any atom is -0.383 e. The van der Waals surface area contributed by atoms with Crippen molar-refractivity contribution in [2.24, 2.45) is 5.92 Å². The number of nitrogens with two attached hydrogens (primary N) is 1. The summed E-state index contributed by atoms with van der Waals surface area (Å²) >= 11 is 0. The average molecular weight is 263 g/mol. The molecule has 0 spiro atoms. The second-order valence-electron chi connectivity index (χ2n) is 5.15. The number of rotatable bonds is 5. The summed E-state index contributed by atoms with van der Waals surface area (Å²) in [7, 11) is 1.65. The maximum absolute atomic E-state index is 11.8. The maximum Gasteiger partial charge on any atom is 0.223 e. The van der Waals surface area contributed by atoms with Gasteiger partial charge in [-0.3, -0.25) is 4.79 Å². The quantitative estimate of drug-likeness (QED) is 0.861. The Morgan fingerprint density at radius 1 is 1.58 bits per heavy atom. The van der Waals surface area contributed by atoms with E-state index in [4.69, 9.17) is 10.5 Å². The number of amides is 1. The van der Waals surface area contributed by atoms with Crippen molar-refractivity contribution in [2.75, 3.05) is 32.5 Å². The summed E-state index contributed by atoms with van der Waals surface area (Å²) in [5, 5.41) is 0. The van der Waals surface area contributed by atoms with Gasteiger partial charge in [-0.15, -0.1) is 0 Å². The van der Waals surface area contributed by atoms with Gasteiger partial charge in [0.25, 0.3) is 0 Å². The molecule has 5 nitrogen and oxygen atoms in total. The van der Waals surface area contributed by atoms with Crippen LogP contribution in [0, 0.1) is 12.8 Å². The highest BCUT2D eigenvalue weighted by molar-refractivity contribution is 5.78. The zero-order valence-electron chi connectivity index (χ0n) is 11.6. The number of nitrogen functional groups attached to an aromatic ring is 1. The van der Waals surface area contributed by atoms with Gasteiger partial charge in [-0.05, 0) is 30.4 Å². The number of methoxy groups -OCH3 is 1. The number of hydrogen-bond donors (Lipinski definition) is 1. The smallest absolute Gasteiger partial charge is 0.223 e. The third-order valence-electron chi connectivity index (χ3n) is 3.56. The number of carbonyl (C=O) groups is 1. The number of pyridine rings is 1. The Labute approximate surface area is 113 Å². The van der Waals surface area contributed by atoms with Crippen LogP contribution in [0.15, 0.2) is 12.3 Å². The van der Waals surface area contributed by atoms with Crippen LogP contribution in [0.4, 0.5) is 5.82 Å².